The van der Waals surface area contributed by atoms with Crippen molar-refractivity contribution < 1.29 is 9.53 Å². The number of nitrogens with zero attached hydrogens (tertiary/aromatic N) is 5. The third kappa shape index (κ3) is 5.47. The largest absolute Gasteiger partial charge is 0.474 e. The molecule has 1 fully saturated rings. The fraction of sp³-hybridized carbons (Fsp3) is 0.346. The maximum atomic E-state index is 12.9. The highest BCUT2D eigenvalue weighted by Gasteiger charge is 2.22. The van der Waals surface area contributed by atoms with Crippen LogP contribution in [0.1, 0.15) is 42.1 Å². The molecule has 5 rings (SSSR count). The van der Waals surface area contributed by atoms with Gasteiger partial charge in [-0.15, -0.1) is 10.2 Å². The molecule has 1 aromatic carbocycles. The van der Waals surface area contributed by atoms with Crippen LogP contribution in [0.2, 0.25) is 0 Å². The van der Waals surface area contributed by atoms with Crippen molar-refractivity contribution >= 4 is 33.8 Å². The van der Waals surface area contributed by atoms with Gasteiger partial charge in [0.2, 0.25) is 5.88 Å². The van der Waals surface area contributed by atoms with Gasteiger partial charge in [0, 0.05) is 54.1 Å². The number of carbonyl (C=O) groups excluding carboxylic acids is 1. The third-order valence-electron chi connectivity index (χ3n) is 6.23. The lowest BCUT2D eigenvalue weighted by atomic mass is 10.1. The number of fused-ring (bicyclic) bond motifs is 1. The molecule has 8 nitrogen and oxygen atoms in total. The molecule has 3 aromatic heterocycles. The number of benzene rings is 1. The zero-order valence-corrected chi connectivity index (χ0v) is 20.9. The van der Waals surface area contributed by atoms with Crippen molar-refractivity contribution in [2.45, 2.75) is 45.8 Å². The number of likely N-dealkylation sites (tertiary alicyclic amines) is 1. The molecule has 4 aromatic rings. The molecule has 0 saturated carbocycles. The third-order valence-corrected chi connectivity index (χ3v) is 7.12. The minimum atomic E-state index is -0.255. The summed E-state index contributed by atoms with van der Waals surface area (Å²) in [5, 5.41) is 15.0. The van der Waals surface area contributed by atoms with Crippen LogP contribution in [0, 0.1) is 6.92 Å². The Morgan fingerprint density at radius 3 is 2.66 bits per heavy atom. The minimum Gasteiger partial charge on any atom is -0.474 e. The van der Waals surface area contributed by atoms with Crippen molar-refractivity contribution in [3.8, 4) is 16.5 Å². The minimum absolute atomic E-state index is 0.115. The van der Waals surface area contributed by atoms with Crippen LogP contribution < -0.4 is 10.1 Å². The van der Waals surface area contributed by atoms with Gasteiger partial charge in [0.25, 0.3) is 5.91 Å². The van der Waals surface area contributed by atoms with Gasteiger partial charge in [-0.1, -0.05) is 23.5 Å². The number of nitrogens with one attached hydrogen (secondary N) is 1. The highest BCUT2D eigenvalue weighted by atomic mass is 32.1. The number of aromatic nitrogens is 4. The van der Waals surface area contributed by atoms with E-state index in [4.69, 9.17) is 4.74 Å². The summed E-state index contributed by atoms with van der Waals surface area (Å²) in [6, 6.07) is 11.8. The van der Waals surface area contributed by atoms with Crippen molar-refractivity contribution in [3.63, 3.8) is 0 Å². The molecule has 1 amide bonds. The average molecular weight is 489 g/mol. The molecule has 9 heteroatoms. The van der Waals surface area contributed by atoms with E-state index in [1.165, 1.54) is 0 Å². The molecule has 1 aliphatic rings. The van der Waals surface area contributed by atoms with Crippen molar-refractivity contribution in [3.05, 3.63) is 59.4 Å². The summed E-state index contributed by atoms with van der Waals surface area (Å²) in [5.74, 6) is 0.701. The van der Waals surface area contributed by atoms with Gasteiger partial charge < -0.3 is 15.0 Å². The van der Waals surface area contributed by atoms with Gasteiger partial charge in [-0.2, -0.15) is 0 Å². The van der Waals surface area contributed by atoms with Crippen LogP contribution >= 0.6 is 11.3 Å². The monoisotopic (exact) mass is 488 g/mol. The zero-order chi connectivity index (χ0) is 24.4. The summed E-state index contributed by atoms with van der Waals surface area (Å²) in [5.41, 5.74) is 1.47. The van der Waals surface area contributed by atoms with Crippen molar-refractivity contribution in [2.75, 3.05) is 18.4 Å². The van der Waals surface area contributed by atoms with E-state index in [1.807, 2.05) is 31.2 Å². The van der Waals surface area contributed by atoms with Crippen LogP contribution in [-0.2, 0) is 0 Å². The van der Waals surface area contributed by atoms with Gasteiger partial charge in [-0.25, -0.2) is 9.97 Å². The molecule has 4 heterocycles. The predicted molar refractivity (Wildman–Crippen MR) is 138 cm³/mol. The smallest absolute Gasteiger partial charge is 0.257 e. The number of hydrogen-bond donors (Lipinski definition) is 1. The van der Waals surface area contributed by atoms with E-state index >= 15 is 0 Å². The molecular weight excluding hydrogens is 460 g/mol. The lowest BCUT2D eigenvalue weighted by Crippen LogP contribution is -2.41. The van der Waals surface area contributed by atoms with Gasteiger partial charge in [0.05, 0.1) is 0 Å². The first-order chi connectivity index (χ1) is 16.9. The molecule has 0 atom stereocenters. The van der Waals surface area contributed by atoms with Gasteiger partial charge >= 0.3 is 0 Å². The van der Waals surface area contributed by atoms with E-state index in [0.717, 1.165) is 52.3 Å². The molecule has 0 radical (unpaired) electrons. The van der Waals surface area contributed by atoms with Crippen molar-refractivity contribution in [2.24, 2.45) is 0 Å². The first-order valence-corrected chi connectivity index (χ1v) is 12.6. The molecule has 1 N–H and O–H groups in total. The Bertz CT molecular complexity index is 1350. The predicted octanol–water partition coefficient (Wildman–Crippen LogP) is 4.96. The second kappa shape index (κ2) is 10.1. The normalized spacial score (nSPS) is 15.0. The summed E-state index contributed by atoms with van der Waals surface area (Å²) in [7, 11) is 0. The highest BCUT2D eigenvalue weighted by Crippen LogP contribution is 2.28. The second-order valence-corrected chi connectivity index (χ2v) is 10.2. The van der Waals surface area contributed by atoms with Crippen LogP contribution in [-0.4, -0.2) is 56.2 Å². The summed E-state index contributed by atoms with van der Waals surface area (Å²) in [4.78, 5) is 24.1. The molecule has 0 spiro atoms. The van der Waals surface area contributed by atoms with Crippen LogP contribution in [0.4, 0.5) is 5.82 Å². The molecular formula is C26H28N6O2S. The number of anilines is 1. The Balaban J connectivity index is 1.27. The number of piperidine rings is 1. The number of amides is 1. The molecule has 35 heavy (non-hydrogen) atoms. The number of carbonyl (C=O) groups is 1. The first-order valence-electron chi connectivity index (χ1n) is 11.8. The molecule has 0 unspecified atom stereocenters. The van der Waals surface area contributed by atoms with Gasteiger partial charge in [0.1, 0.15) is 21.9 Å². The SMILES string of the molecule is Cc1nnc(-c2ccc3cnc(NC(=O)c4ccnc(OC5CCN(C(C)C)CC5)c4)cc3c2)s1. The summed E-state index contributed by atoms with van der Waals surface area (Å²) < 4.78 is 6.10. The molecule has 0 bridgehead atoms. The average Bonchev–Trinajstić information content (AvgIpc) is 3.30. The highest BCUT2D eigenvalue weighted by molar-refractivity contribution is 7.14. The van der Waals surface area contributed by atoms with E-state index < -0.39 is 0 Å². The maximum absolute atomic E-state index is 12.9. The summed E-state index contributed by atoms with van der Waals surface area (Å²) in [6.45, 7) is 8.39. The van der Waals surface area contributed by atoms with Crippen LogP contribution in [0.5, 0.6) is 5.88 Å². The standard InChI is InChI=1S/C26H28N6O2S/c1-16(2)32-10-7-22(8-11-32)34-24-14-18(6-9-27-24)25(33)29-23-13-21-12-19(4-5-20(21)15-28-23)26-31-30-17(3)35-26/h4-6,9,12-16,22H,7-8,10-11H2,1-3H3,(H,28,29,33). The van der Waals surface area contributed by atoms with Crippen molar-refractivity contribution in [1.29, 1.82) is 0 Å². The Morgan fingerprint density at radius 2 is 1.91 bits per heavy atom. The Morgan fingerprint density at radius 1 is 1.09 bits per heavy atom. The molecule has 1 aliphatic heterocycles. The second-order valence-electron chi connectivity index (χ2n) is 9.04. The topological polar surface area (TPSA) is 93.1 Å². The number of ether oxygens (including phenoxy) is 1. The molecule has 180 valence electrons. The zero-order valence-electron chi connectivity index (χ0n) is 20.1. The van der Waals surface area contributed by atoms with E-state index in [9.17, 15) is 4.79 Å². The number of rotatable bonds is 6. The van der Waals surface area contributed by atoms with Crippen LogP contribution in [0.25, 0.3) is 21.3 Å². The molecule has 0 aliphatic carbocycles. The van der Waals surface area contributed by atoms with Gasteiger partial charge in [0.15, 0.2) is 0 Å². The fourth-order valence-electron chi connectivity index (χ4n) is 4.24. The number of hydrogen-bond acceptors (Lipinski definition) is 8. The fourth-order valence-corrected chi connectivity index (χ4v) is 4.93. The lowest BCUT2D eigenvalue weighted by Gasteiger charge is -2.34. The van der Waals surface area contributed by atoms with Gasteiger partial charge in [-0.3, -0.25) is 4.79 Å². The summed E-state index contributed by atoms with van der Waals surface area (Å²) >= 11 is 1.55. The molecule has 1 saturated heterocycles. The van der Waals surface area contributed by atoms with Gasteiger partial charge in [-0.05, 0) is 57.2 Å². The number of aryl methyl sites for hydroxylation is 1. The first kappa shape index (κ1) is 23.3. The Labute approximate surface area is 208 Å². The van der Waals surface area contributed by atoms with E-state index in [2.05, 4.69) is 44.2 Å². The summed E-state index contributed by atoms with van der Waals surface area (Å²) in [6.07, 6.45) is 5.39. The van der Waals surface area contributed by atoms with Crippen LogP contribution in [0.15, 0.2) is 48.8 Å². The van der Waals surface area contributed by atoms with Crippen molar-refractivity contribution in [1.82, 2.24) is 25.1 Å². The van der Waals surface area contributed by atoms with E-state index in [-0.39, 0.29) is 12.0 Å². The lowest BCUT2D eigenvalue weighted by molar-refractivity contribution is 0.0810. The Hall–Kier alpha value is -3.43. The Kier molecular flexibility index (Phi) is 6.70. The van der Waals surface area contributed by atoms with E-state index in [0.29, 0.717) is 23.3 Å². The maximum Gasteiger partial charge on any atom is 0.257 e. The quantitative estimate of drug-likeness (QED) is 0.410. The van der Waals surface area contributed by atoms with E-state index in [1.54, 1.807) is 35.9 Å². The van der Waals surface area contributed by atoms with Crippen LogP contribution in [0.3, 0.4) is 0 Å². The number of pyridine rings is 2.